The second-order valence-corrected chi connectivity index (χ2v) is 37.4. The Morgan fingerprint density at radius 3 is 1.26 bits per heavy atom. The Morgan fingerprint density at radius 2 is 0.779 bits per heavy atom. The molecule has 4 aliphatic heterocycles. The maximum absolute atomic E-state index is 12.1. The number of benzene rings is 7. The molecule has 0 fully saturated rings. The zero-order valence-electron chi connectivity index (χ0n) is 70.3. The minimum absolute atomic E-state index is 0.0107. The summed E-state index contributed by atoms with van der Waals surface area (Å²) in [6, 6.07) is 42.8. The molecule has 0 aromatic heterocycles. The minimum Gasteiger partial charge on any atom is -0.478 e. The molecule has 0 saturated heterocycles. The average molecular weight is 1530 g/mol. The Bertz CT molecular complexity index is 4930. The van der Waals surface area contributed by atoms with E-state index in [1.807, 2.05) is 73.8 Å². The highest BCUT2D eigenvalue weighted by Gasteiger charge is 2.31. The van der Waals surface area contributed by atoms with Crippen LogP contribution in [0.2, 0.25) is 0 Å². The summed E-state index contributed by atoms with van der Waals surface area (Å²) in [6.45, 7) is 46.9. The van der Waals surface area contributed by atoms with Crippen LogP contribution in [0.15, 0.2) is 163 Å². The molecule has 7 aromatic rings. The van der Waals surface area contributed by atoms with E-state index in [0.717, 1.165) is 68.6 Å². The topological polar surface area (TPSA) is 248 Å². The first-order valence-corrected chi connectivity index (χ1v) is 38.8. The van der Waals surface area contributed by atoms with Crippen LogP contribution in [0.1, 0.15) is 281 Å². The predicted octanol–water partition coefficient (Wildman–Crippen LogP) is 17.8. The van der Waals surface area contributed by atoms with Gasteiger partial charge in [0.2, 0.25) is 17.7 Å². The van der Waals surface area contributed by atoms with E-state index in [9.17, 15) is 47.9 Å². The lowest BCUT2D eigenvalue weighted by Crippen LogP contribution is -2.37. The van der Waals surface area contributed by atoms with Crippen LogP contribution in [0.5, 0.6) is 0 Å². The first-order valence-electron chi connectivity index (χ1n) is 38.8. The van der Waals surface area contributed by atoms with Gasteiger partial charge in [0.15, 0.2) is 17.3 Å². The third kappa shape index (κ3) is 23.2. The number of esters is 1. The lowest BCUT2D eigenvalue weighted by molar-refractivity contribution is -0.145. The summed E-state index contributed by atoms with van der Waals surface area (Å²) in [6.07, 6.45) is 9.83. The number of nitrogens with zero attached hydrogens (tertiary/aromatic N) is 1. The fraction of sp³-hybridized carbons (Fsp3) is 0.402. The van der Waals surface area contributed by atoms with Gasteiger partial charge >= 0.3 is 17.9 Å². The van der Waals surface area contributed by atoms with E-state index in [0.29, 0.717) is 68.4 Å². The molecule has 16 heteroatoms. The number of allylic oxidation sites excluding steroid dienone is 4. The number of carbonyl (C=O) groups excluding carboxylic acids is 8. The quantitative estimate of drug-likeness (QED) is 0.0715. The number of ether oxygens (including phenoxy) is 1. The molecule has 0 bridgehead atoms. The first kappa shape index (κ1) is 87.8. The van der Waals surface area contributed by atoms with Crippen molar-refractivity contribution in [2.24, 2.45) is 0 Å². The number of fused-ring (bicyclic) bond motifs is 7. The van der Waals surface area contributed by atoms with E-state index in [-0.39, 0.29) is 96.0 Å². The number of hydrogen-bond acceptors (Lipinski definition) is 11. The molecular weight excluding hydrogens is 1420 g/mol. The van der Waals surface area contributed by atoms with Gasteiger partial charge in [0, 0.05) is 54.4 Å². The molecule has 0 spiro atoms. The van der Waals surface area contributed by atoms with Crippen LogP contribution in [0.3, 0.4) is 0 Å². The maximum atomic E-state index is 12.1. The van der Waals surface area contributed by atoms with Gasteiger partial charge in [-0.25, -0.2) is 9.59 Å². The molecule has 7 aliphatic rings. The van der Waals surface area contributed by atoms with Gasteiger partial charge in [0.1, 0.15) is 12.2 Å². The summed E-state index contributed by atoms with van der Waals surface area (Å²) >= 11 is 0. The molecule has 113 heavy (non-hydrogen) atoms. The third-order valence-electron chi connectivity index (χ3n) is 21.0. The number of carboxylic acids is 2. The molecule has 0 unspecified atom stereocenters. The number of imide groups is 1. The molecule has 16 nitrogen and oxygen atoms in total. The molecule has 0 saturated carbocycles. The first-order chi connectivity index (χ1) is 52.3. The summed E-state index contributed by atoms with van der Waals surface area (Å²) in [5, 5.41) is 23.1. The standard InChI is InChI=1S/2C15H16O3.C14H19NO.C14H16O.C13H15NO2.C13H17NO.C13H16O2/c1-15(2,3)10-6-4-9-5-7-11(14(17)18)13(16)12(9)8-10;1-15(2,3)11-5-4-9-6-10(14(17)18)7-13(16)12(9)8-11;1-14(2,3)12-6-5-10-8-13(16)15(4)9-11(10)7-12;1-14(2,3)11-8-7-10-5-4-6-13(15)12(10)9-11;1-13(2,3)9-5-4-8-6-11(15)14-12(16)10(8)7-9;1-13(2,3)11-5-4-9-7-12(15)14-8-10(9)6-11;1-13(2,3)11-5-4-9-7-12(14)15-8-10(9)6-11/h4,6-8H,5H2,1-3H3,(H,17,18);4-5,7-8H,6H2,1-3H3,(H,17,18);5-7H,8-9H2,1-4H3;4,6-9H,5H2,1-3H3;4-5,7H,6H2,1-3H3,(H,14,15,16);4-6H,7-8H2,1-3H3,(H,14,15);4-6H,7-8H2,1-3H3. The van der Waals surface area contributed by atoms with Crippen molar-refractivity contribution in [1.29, 1.82) is 0 Å². The molecular formula is C97H115N3O13. The highest BCUT2D eigenvalue weighted by molar-refractivity contribution is 6.25. The van der Waals surface area contributed by atoms with Gasteiger partial charge in [-0.05, 0) is 182 Å². The van der Waals surface area contributed by atoms with Crippen LogP contribution in [0, 0.1) is 0 Å². The molecule has 0 atom stereocenters. The lowest BCUT2D eigenvalue weighted by Gasteiger charge is -2.27. The van der Waals surface area contributed by atoms with Crippen LogP contribution < -0.4 is 10.6 Å². The molecule has 14 rings (SSSR count). The van der Waals surface area contributed by atoms with Crippen LogP contribution in [0.25, 0.3) is 0 Å². The predicted molar refractivity (Wildman–Crippen MR) is 446 cm³/mol. The van der Waals surface area contributed by atoms with Crippen molar-refractivity contribution in [2.45, 2.75) is 248 Å². The van der Waals surface area contributed by atoms with Crippen molar-refractivity contribution >= 4 is 58.9 Å². The smallest absolute Gasteiger partial charge is 0.339 e. The highest BCUT2D eigenvalue weighted by Crippen LogP contribution is 2.35. The number of aliphatic carboxylic acids is 2. The number of rotatable bonds is 2. The summed E-state index contributed by atoms with van der Waals surface area (Å²) in [5.74, 6) is -2.89. The number of likely N-dealkylation sites (N-methyl/N-ethyl adjacent to an activating group) is 1. The van der Waals surface area contributed by atoms with Crippen LogP contribution in [0.4, 0.5) is 0 Å². The number of cyclic esters (lactones) is 1. The molecule has 7 aromatic carbocycles. The number of amides is 4. The lowest BCUT2D eigenvalue weighted by atomic mass is 9.82. The fourth-order valence-electron chi connectivity index (χ4n) is 13.5. The van der Waals surface area contributed by atoms with E-state index in [1.54, 1.807) is 11.0 Å². The Hall–Kier alpha value is -10.7. The van der Waals surface area contributed by atoms with E-state index >= 15 is 0 Å². The largest absolute Gasteiger partial charge is 0.478 e. The van der Waals surface area contributed by atoms with E-state index in [2.05, 4.69) is 223 Å². The van der Waals surface area contributed by atoms with E-state index < -0.39 is 11.9 Å². The van der Waals surface area contributed by atoms with Gasteiger partial charge in [-0.3, -0.25) is 43.7 Å². The van der Waals surface area contributed by atoms with Gasteiger partial charge in [-0.2, -0.15) is 0 Å². The highest BCUT2D eigenvalue weighted by atomic mass is 16.5. The van der Waals surface area contributed by atoms with Gasteiger partial charge in [0.05, 0.1) is 25.7 Å². The van der Waals surface area contributed by atoms with Crippen LogP contribution in [-0.4, -0.2) is 81.0 Å². The number of hydrogen-bond donors (Lipinski definition) is 4. The molecule has 3 aliphatic carbocycles. The third-order valence-corrected chi connectivity index (χ3v) is 21.0. The maximum Gasteiger partial charge on any atom is 0.339 e. The van der Waals surface area contributed by atoms with Crippen molar-refractivity contribution in [1.82, 2.24) is 15.5 Å². The number of ketones is 3. The Balaban J connectivity index is 0.000000165. The number of Topliss-reactive ketones (excluding diaryl/α,β-unsaturated/α-hetero) is 1. The molecule has 4 heterocycles. The Labute approximate surface area is 668 Å². The molecule has 596 valence electrons. The van der Waals surface area contributed by atoms with Crippen molar-refractivity contribution in [2.75, 3.05) is 7.05 Å². The second-order valence-electron chi connectivity index (χ2n) is 37.4. The Kier molecular flexibility index (Phi) is 27.0. The Morgan fingerprint density at radius 1 is 0.389 bits per heavy atom. The zero-order valence-corrected chi connectivity index (χ0v) is 70.3. The number of nitrogens with one attached hydrogen (secondary N) is 2. The molecule has 4 amide bonds. The summed E-state index contributed by atoms with van der Waals surface area (Å²) in [7, 11) is 1.87. The minimum atomic E-state index is -1.15. The molecule has 4 N–H and O–H groups in total. The van der Waals surface area contributed by atoms with E-state index in [1.165, 1.54) is 56.7 Å². The summed E-state index contributed by atoms with van der Waals surface area (Å²) in [4.78, 5) is 116. The number of carbonyl (C=O) groups is 10. The normalized spacial score (nSPS) is 15.5. The average Bonchev–Trinajstić information content (AvgIpc) is 0.788. The van der Waals surface area contributed by atoms with Gasteiger partial charge < -0.3 is 25.2 Å². The van der Waals surface area contributed by atoms with Gasteiger partial charge in [-0.1, -0.05) is 261 Å². The van der Waals surface area contributed by atoms with Crippen molar-refractivity contribution in [3.63, 3.8) is 0 Å². The van der Waals surface area contributed by atoms with E-state index in [4.69, 9.17) is 14.9 Å². The van der Waals surface area contributed by atoms with Crippen molar-refractivity contribution < 1.29 is 62.9 Å². The summed E-state index contributed by atoms with van der Waals surface area (Å²) in [5.41, 5.74) is 22.6. The monoisotopic (exact) mass is 1530 g/mol. The van der Waals surface area contributed by atoms with Crippen LogP contribution in [-0.2, 0) is 136 Å². The van der Waals surface area contributed by atoms with Gasteiger partial charge in [0.25, 0.3) is 5.91 Å². The second kappa shape index (κ2) is 34.7. The van der Waals surface area contributed by atoms with Crippen molar-refractivity contribution in [3.05, 3.63) is 280 Å². The number of carboxylic acid groups (broad SMARTS) is 2. The van der Waals surface area contributed by atoms with Crippen LogP contribution >= 0.6 is 0 Å². The zero-order chi connectivity index (χ0) is 84.0. The van der Waals surface area contributed by atoms with Gasteiger partial charge in [-0.15, -0.1) is 0 Å². The fourth-order valence-corrected chi connectivity index (χ4v) is 13.5. The summed E-state index contributed by atoms with van der Waals surface area (Å²) < 4.78 is 5.03. The SMILES string of the molecule is CC(C)(C)c1ccc2c(c1)C(=O)C(C(=O)O)=CC2.CC(C)(C)c1ccc2c(c1)C(=O)C=C(C(=O)O)C2.CC(C)(C)c1ccc2c(c1)C(=O)C=CC2.CC(C)(C)c1ccc2c(c1)C(=O)NC(=O)C2.CC(C)(C)c1ccc2c(c1)CNC(=O)C2.CC(C)(C)c1ccc2c(c1)COC(=O)C2.CN1Cc2cc(C(C)(C)C)ccc2CC1=O. The van der Waals surface area contributed by atoms with Crippen molar-refractivity contribution in [3.8, 4) is 0 Å². The molecule has 0 radical (unpaired) electrons.